The van der Waals surface area contributed by atoms with Crippen molar-refractivity contribution in [2.75, 3.05) is 31.3 Å². The molecule has 20 heavy (non-hydrogen) atoms. The van der Waals surface area contributed by atoms with E-state index < -0.39 is 0 Å². The summed E-state index contributed by atoms with van der Waals surface area (Å²) in [7, 11) is 0. The Hall–Kier alpha value is -1.36. The number of ether oxygens (including phenoxy) is 2. The van der Waals surface area contributed by atoms with Crippen LogP contribution in [0.4, 0.5) is 0 Å². The van der Waals surface area contributed by atoms with Crippen molar-refractivity contribution in [2.45, 2.75) is 19.4 Å². The van der Waals surface area contributed by atoms with Gasteiger partial charge in [0.15, 0.2) is 11.5 Å². The molecule has 4 nitrogen and oxygen atoms in total. The van der Waals surface area contributed by atoms with Crippen molar-refractivity contribution < 1.29 is 14.3 Å². The first kappa shape index (κ1) is 13.6. The van der Waals surface area contributed by atoms with Crippen LogP contribution in [0.1, 0.15) is 23.7 Å². The highest BCUT2D eigenvalue weighted by atomic mass is 32.2. The number of hydrogen-bond acceptors (Lipinski definition) is 4. The van der Waals surface area contributed by atoms with E-state index in [-0.39, 0.29) is 5.91 Å². The fourth-order valence-electron chi connectivity index (χ4n) is 2.54. The summed E-state index contributed by atoms with van der Waals surface area (Å²) in [6.07, 6.45) is 1.06. The predicted molar refractivity (Wildman–Crippen MR) is 79.9 cm³/mol. The molecule has 0 radical (unpaired) electrons. The summed E-state index contributed by atoms with van der Waals surface area (Å²) in [5.74, 6) is 3.65. The van der Waals surface area contributed by atoms with Crippen LogP contribution in [-0.4, -0.2) is 48.1 Å². The standard InChI is InChI=1S/C15H19NO3S/c1-11-4-8-20-9-5-16(11)15(17)12-2-3-13-14(10-12)19-7-6-18-13/h2-3,10-11H,4-9H2,1H3. The van der Waals surface area contributed by atoms with E-state index in [1.807, 2.05) is 34.9 Å². The third-order valence-corrected chi connectivity index (χ3v) is 4.73. The van der Waals surface area contributed by atoms with Gasteiger partial charge in [-0.15, -0.1) is 0 Å². The van der Waals surface area contributed by atoms with E-state index in [4.69, 9.17) is 9.47 Å². The van der Waals surface area contributed by atoms with Crippen molar-refractivity contribution in [2.24, 2.45) is 0 Å². The second kappa shape index (κ2) is 5.95. The van der Waals surface area contributed by atoms with Gasteiger partial charge in [-0.2, -0.15) is 11.8 Å². The van der Waals surface area contributed by atoms with Crippen molar-refractivity contribution >= 4 is 17.7 Å². The molecule has 0 spiro atoms. The zero-order valence-corrected chi connectivity index (χ0v) is 12.4. The molecule has 0 aliphatic carbocycles. The van der Waals surface area contributed by atoms with Crippen molar-refractivity contribution in [1.29, 1.82) is 0 Å². The number of rotatable bonds is 1. The fourth-order valence-corrected chi connectivity index (χ4v) is 3.58. The monoisotopic (exact) mass is 293 g/mol. The van der Waals surface area contributed by atoms with Crippen LogP contribution in [0.3, 0.4) is 0 Å². The van der Waals surface area contributed by atoms with Crippen LogP contribution in [0.2, 0.25) is 0 Å². The summed E-state index contributed by atoms with van der Waals surface area (Å²) in [5.41, 5.74) is 0.688. The van der Waals surface area contributed by atoms with Crippen molar-refractivity contribution in [1.82, 2.24) is 4.90 Å². The molecule has 2 aliphatic rings. The molecular weight excluding hydrogens is 274 g/mol. The molecule has 1 atom stereocenters. The molecule has 0 bridgehead atoms. The highest BCUT2D eigenvalue weighted by Gasteiger charge is 2.24. The van der Waals surface area contributed by atoms with Gasteiger partial charge in [-0.05, 0) is 37.3 Å². The normalized spacial score (nSPS) is 22.2. The SMILES string of the molecule is CC1CCSCCN1C(=O)c1ccc2c(c1)OCCO2. The number of amides is 1. The van der Waals surface area contributed by atoms with Crippen LogP contribution in [0.15, 0.2) is 18.2 Å². The molecule has 2 heterocycles. The van der Waals surface area contributed by atoms with Gasteiger partial charge in [-0.1, -0.05) is 0 Å². The number of thioether (sulfide) groups is 1. The van der Waals surface area contributed by atoms with Crippen LogP contribution >= 0.6 is 11.8 Å². The summed E-state index contributed by atoms with van der Waals surface area (Å²) >= 11 is 1.92. The third-order valence-electron chi connectivity index (χ3n) is 3.74. The Balaban J connectivity index is 1.82. The minimum atomic E-state index is 0.0944. The van der Waals surface area contributed by atoms with Gasteiger partial charge in [-0.25, -0.2) is 0 Å². The first-order valence-corrected chi connectivity index (χ1v) is 8.19. The maximum absolute atomic E-state index is 12.7. The van der Waals surface area contributed by atoms with Gasteiger partial charge in [0.05, 0.1) is 0 Å². The van der Waals surface area contributed by atoms with E-state index in [1.54, 1.807) is 0 Å². The van der Waals surface area contributed by atoms with Gasteiger partial charge in [-0.3, -0.25) is 4.79 Å². The highest BCUT2D eigenvalue weighted by Crippen LogP contribution is 2.31. The van der Waals surface area contributed by atoms with Crippen LogP contribution in [0.5, 0.6) is 11.5 Å². The summed E-state index contributed by atoms with van der Waals surface area (Å²) in [6, 6.07) is 5.77. The Morgan fingerprint density at radius 1 is 1.25 bits per heavy atom. The van der Waals surface area contributed by atoms with Gasteiger partial charge in [0, 0.05) is 23.9 Å². The fraction of sp³-hybridized carbons (Fsp3) is 0.533. The minimum Gasteiger partial charge on any atom is -0.486 e. The smallest absolute Gasteiger partial charge is 0.254 e. The Bertz CT molecular complexity index is 506. The van der Waals surface area contributed by atoms with E-state index in [2.05, 4.69) is 6.92 Å². The zero-order valence-electron chi connectivity index (χ0n) is 11.6. The Kier molecular flexibility index (Phi) is 4.05. The maximum atomic E-state index is 12.7. The Morgan fingerprint density at radius 3 is 2.90 bits per heavy atom. The molecule has 0 N–H and O–H groups in total. The minimum absolute atomic E-state index is 0.0944. The number of fused-ring (bicyclic) bond motifs is 1. The predicted octanol–water partition coefficient (Wildman–Crippen LogP) is 2.43. The number of nitrogens with zero attached hydrogens (tertiary/aromatic N) is 1. The Labute approximate surface area is 123 Å². The summed E-state index contributed by atoms with van der Waals surface area (Å²) < 4.78 is 11.0. The number of carbonyl (C=O) groups is 1. The Morgan fingerprint density at radius 2 is 2.05 bits per heavy atom. The van der Waals surface area contributed by atoms with E-state index in [0.29, 0.717) is 30.6 Å². The molecule has 1 fully saturated rings. The van der Waals surface area contributed by atoms with Gasteiger partial charge in [0.2, 0.25) is 0 Å². The molecule has 0 aromatic heterocycles. The van der Waals surface area contributed by atoms with Gasteiger partial charge >= 0.3 is 0 Å². The molecule has 108 valence electrons. The molecule has 2 aliphatic heterocycles. The average molecular weight is 293 g/mol. The van der Waals surface area contributed by atoms with Crippen molar-refractivity contribution in [3.63, 3.8) is 0 Å². The second-order valence-electron chi connectivity index (χ2n) is 5.11. The van der Waals surface area contributed by atoms with Crippen LogP contribution in [0, 0.1) is 0 Å². The second-order valence-corrected chi connectivity index (χ2v) is 6.33. The molecule has 1 unspecified atom stereocenters. The first-order valence-electron chi connectivity index (χ1n) is 7.04. The summed E-state index contributed by atoms with van der Waals surface area (Å²) in [5, 5.41) is 0. The van der Waals surface area contributed by atoms with Crippen molar-refractivity contribution in [3.8, 4) is 11.5 Å². The topological polar surface area (TPSA) is 38.8 Å². The highest BCUT2D eigenvalue weighted by molar-refractivity contribution is 7.99. The van der Waals surface area contributed by atoms with Gasteiger partial charge in [0.1, 0.15) is 13.2 Å². The van der Waals surface area contributed by atoms with Crippen molar-refractivity contribution in [3.05, 3.63) is 23.8 Å². The lowest BCUT2D eigenvalue weighted by molar-refractivity contribution is 0.0705. The van der Waals surface area contributed by atoms with Crippen LogP contribution in [0.25, 0.3) is 0 Å². The van der Waals surface area contributed by atoms with E-state index in [0.717, 1.165) is 30.2 Å². The maximum Gasteiger partial charge on any atom is 0.254 e. The van der Waals surface area contributed by atoms with E-state index in [9.17, 15) is 4.79 Å². The van der Waals surface area contributed by atoms with E-state index in [1.165, 1.54) is 0 Å². The quantitative estimate of drug-likeness (QED) is 0.797. The van der Waals surface area contributed by atoms with Gasteiger partial charge < -0.3 is 14.4 Å². The van der Waals surface area contributed by atoms with E-state index >= 15 is 0 Å². The number of hydrogen-bond donors (Lipinski definition) is 0. The largest absolute Gasteiger partial charge is 0.486 e. The molecule has 1 aromatic carbocycles. The molecule has 5 heteroatoms. The lowest BCUT2D eigenvalue weighted by Gasteiger charge is -2.27. The zero-order chi connectivity index (χ0) is 13.9. The lowest BCUT2D eigenvalue weighted by Crippen LogP contribution is -2.39. The lowest BCUT2D eigenvalue weighted by atomic mass is 10.1. The summed E-state index contributed by atoms with van der Waals surface area (Å²) in [6.45, 7) is 4.06. The molecule has 0 saturated carbocycles. The molecule has 1 amide bonds. The van der Waals surface area contributed by atoms with Crippen LogP contribution < -0.4 is 9.47 Å². The number of carbonyl (C=O) groups excluding carboxylic acids is 1. The molecule has 3 rings (SSSR count). The summed E-state index contributed by atoms with van der Waals surface area (Å²) in [4.78, 5) is 14.6. The molecule has 1 saturated heterocycles. The average Bonchev–Trinajstić information content (AvgIpc) is 2.70. The van der Waals surface area contributed by atoms with Crippen LogP contribution in [-0.2, 0) is 0 Å². The molecule has 1 aromatic rings. The number of benzene rings is 1. The van der Waals surface area contributed by atoms with Gasteiger partial charge in [0.25, 0.3) is 5.91 Å². The first-order chi connectivity index (χ1) is 9.75. The molecular formula is C15H19NO3S. The third kappa shape index (κ3) is 2.73.